The molecule has 0 saturated heterocycles. The monoisotopic (exact) mass is 256 g/mol. The molecule has 2 aromatic heterocycles. The van der Waals surface area contributed by atoms with Crippen LogP contribution in [0.25, 0.3) is 11.7 Å². The highest BCUT2D eigenvalue weighted by Gasteiger charge is 2.30. The van der Waals surface area contributed by atoms with Gasteiger partial charge in [-0.25, -0.2) is 9.78 Å². The van der Waals surface area contributed by atoms with Gasteiger partial charge in [0.15, 0.2) is 0 Å². The number of halogens is 3. The highest BCUT2D eigenvalue weighted by atomic mass is 19.4. The van der Waals surface area contributed by atoms with E-state index in [-0.39, 0.29) is 11.3 Å². The fourth-order valence-corrected chi connectivity index (χ4v) is 1.41. The third-order valence-electron chi connectivity index (χ3n) is 2.20. The van der Waals surface area contributed by atoms with Gasteiger partial charge in [0.25, 0.3) is 0 Å². The number of fused-ring (bicyclic) bond motifs is 1. The highest BCUT2D eigenvalue weighted by Crippen LogP contribution is 2.29. The van der Waals surface area contributed by atoms with Crippen LogP contribution in [0.2, 0.25) is 0 Å². The Morgan fingerprint density at radius 1 is 1.44 bits per heavy atom. The number of rotatable bonds is 2. The number of imidazole rings is 1. The van der Waals surface area contributed by atoms with E-state index in [1.807, 2.05) is 0 Å². The lowest BCUT2D eigenvalue weighted by atomic mass is 10.2. The average molecular weight is 256 g/mol. The number of hydrogen-bond acceptors (Lipinski definition) is 2. The third-order valence-corrected chi connectivity index (χ3v) is 2.20. The minimum Gasteiger partial charge on any atom is -0.478 e. The molecular formula is C11H7F3N2O2. The lowest BCUT2D eigenvalue weighted by molar-refractivity contribution is -0.137. The Bertz CT molecular complexity index is 629. The van der Waals surface area contributed by atoms with E-state index in [4.69, 9.17) is 5.11 Å². The molecule has 0 atom stereocenters. The van der Waals surface area contributed by atoms with E-state index in [0.717, 1.165) is 18.2 Å². The van der Waals surface area contributed by atoms with Crippen LogP contribution in [0, 0.1) is 0 Å². The molecule has 7 heteroatoms. The quantitative estimate of drug-likeness (QED) is 0.839. The summed E-state index contributed by atoms with van der Waals surface area (Å²) < 4.78 is 38.7. The Labute approximate surface area is 99.0 Å². The molecule has 18 heavy (non-hydrogen) atoms. The molecule has 2 heterocycles. The summed E-state index contributed by atoms with van der Waals surface area (Å²) in [5.41, 5.74) is -0.416. The second kappa shape index (κ2) is 4.17. The molecule has 0 aliphatic heterocycles. The van der Waals surface area contributed by atoms with Crippen molar-refractivity contribution in [1.29, 1.82) is 0 Å². The summed E-state index contributed by atoms with van der Waals surface area (Å²) in [6.07, 6.45) is 0.317. The van der Waals surface area contributed by atoms with Crippen molar-refractivity contribution in [3.63, 3.8) is 0 Å². The molecule has 0 aliphatic carbocycles. The molecule has 4 nitrogen and oxygen atoms in total. The van der Waals surface area contributed by atoms with Gasteiger partial charge in [0.05, 0.1) is 11.3 Å². The highest BCUT2D eigenvalue weighted by molar-refractivity contribution is 5.85. The Morgan fingerprint density at radius 2 is 2.17 bits per heavy atom. The summed E-state index contributed by atoms with van der Waals surface area (Å²) in [7, 11) is 0. The molecule has 94 valence electrons. The van der Waals surface area contributed by atoms with Crippen LogP contribution in [-0.4, -0.2) is 20.5 Å². The van der Waals surface area contributed by atoms with Crippen molar-refractivity contribution in [1.82, 2.24) is 9.38 Å². The van der Waals surface area contributed by atoms with Crippen LogP contribution in [0.3, 0.4) is 0 Å². The third kappa shape index (κ3) is 2.50. The average Bonchev–Trinajstić information content (AvgIpc) is 2.66. The van der Waals surface area contributed by atoms with Crippen LogP contribution in [0.1, 0.15) is 11.3 Å². The number of alkyl halides is 3. The molecule has 1 N–H and O–H groups in total. The first-order valence-electron chi connectivity index (χ1n) is 4.83. The first-order chi connectivity index (χ1) is 8.36. The van der Waals surface area contributed by atoms with E-state index in [0.29, 0.717) is 0 Å². The number of aromatic nitrogens is 2. The standard InChI is InChI=1S/C11H7F3N2O2/c12-11(13,14)7-3-4-16-6-8(1-2-10(17)18)15-9(16)5-7/h1-6H,(H,17,18)/b2-1+. The Kier molecular flexibility index (Phi) is 2.82. The normalized spacial score (nSPS) is 12.4. The number of hydrogen-bond donors (Lipinski definition) is 1. The van der Waals surface area contributed by atoms with Gasteiger partial charge in [-0.15, -0.1) is 0 Å². The van der Waals surface area contributed by atoms with E-state index in [1.165, 1.54) is 22.9 Å². The van der Waals surface area contributed by atoms with Crippen LogP contribution in [0.15, 0.2) is 30.6 Å². The lowest BCUT2D eigenvalue weighted by Gasteiger charge is -2.05. The van der Waals surface area contributed by atoms with Gasteiger partial charge < -0.3 is 9.51 Å². The summed E-state index contributed by atoms with van der Waals surface area (Å²) in [5.74, 6) is -1.15. The lowest BCUT2D eigenvalue weighted by Crippen LogP contribution is -2.05. The number of nitrogens with zero attached hydrogens (tertiary/aromatic N) is 2. The molecule has 0 aromatic carbocycles. The molecule has 2 aromatic rings. The summed E-state index contributed by atoms with van der Waals surface area (Å²) in [5, 5.41) is 8.43. The van der Waals surface area contributed by atoms with Gasteiger partial charge in [-0.1, -0.05) is 0 Å². The van der Waals surface area contributed by atoms with Crippen LogP contribution < -0.4 is 0 Å². The van der Waals surface area contributed by atoms with E-state index < -0.39 is 17.7 Å². The predicted octanol–water partition coefficient (Wildman–Crippen LogP) is 2.45. The second-order valence-electron chi connectivity index (χ2n) is 3.52. The Balaban J connectivity index is 2.43. The molecule has 0 saturated carbocycles. The summed E-state index contributed by atoms with van der Waals surface area (Å²) in [4.78, 5) is 14.2. The number of carboxylic acids is 1. The molecule has 2 rings (SSSR count). The van der Waals surface area contributed by atoms with Crippen molar-refractivity contribution >= 4 is 17.7 Å². The fourth-order valence-electron chi connectivity index (χ4n) is 1.41. The van der Waals surface area contributed by atoms with E-state index in [2.05, 4.69) is 4.98 Å². The van der Waals surface area contributed by atoms with Crippen molar-refractivity contribution < 1.29 is 23.1 Å². The fraction of sp³-hybridized carbons (Fsp3) is 0.0909. The van der Waals surface area contributed by atoms with Gasteiger partial charge in [-0.05, 0) is 18.2 Å². The summed E-state index contributed by atoms with van der Waals surface area (Å²) in [6.45, 7) is 0. The molecule has 0 spiro atoms. The molecular weight excluding hydrogens is 249 g/mol. The first-order valence-corrected chi connectivity index (χ1v) is 4.83. The maximum Gasteiger partial charge on any atom is 0.416 e. The molecule has 0 radical (unpaired) electrons. The van der Waals surface area contributed by atoms with E-state index >= 15 is 0 Å². The maximum atomic E-state index is 12.4. The number of aliphatic carboxylic acids is 1. The zero-order valence-corrected chi connectivity index (χ0v) is 8.85. The zero-order chi connectivity index (χ0) is 13.3. The van der Waals surface area contributed by atoms with Crippen molar-refractivity contribution in [2.45, 2.75) is 6.18 Å². The van der Waals surface area contributed by atoms with Crippen molar-refractivity contribution in [2.75, 3.05) is 0 Å². The Hall–Kier alpha value is -2.31. The second-order valence-corrected chi connectivity index (χ2v) is 3.52. The summed E-state index contributed by atoms with van der Waals surface area (Å²) in [6, 6.07) is 1.83. The smallest absolute Gasteiger partial charge is 0.416 e. The van der Waals surface area contributed by atoms with Crippen LogP contribution >= 0.6 is 0 Å². The topological polar surface area (TPSA) is 54.6 Å². The van der Waals surface area contributed by atoms with Gasteiger partial charge in [0, 0.05) is 18.5 Å². The van der Waals surface area contributed by atoms with Gasteiger partial charge in [-0.2, -0.15) is 13.2 Å². The maximum absolute atomic E-state index is 12.4. The van der Waals surface area contributed by atoms with E-state index in [1.54, 1.807) is 0 Å². The largest absolute Gasteiger partial charge is 0.478 e. The minimum absolute atomic E-state index is 0.106. The SMILES string of the molecule is O=C(O)/C=C/c1cn2ccc(C(F)(F)F)cc2n1. The first kappa shape index (κ1) is 12.2. The van der Waals surface area contributed by atoms with Crippen LogP contribution in [-0.2, 0) is 11.0 Å². The van der Waals surface area contributed by atoms with E-state index in [9.17, 15) is 18.0 Å². The Morgan fingerprint density at radius 3 is 2.78 bits per heavy atom. The van der Waals surface area contributed by atoms with Gasteiger partial charge in [0.2, 0.25) is 0 Å². The van der Waals surface area contributed by atoms with Gasteiger partial charge >= 0.3 is 12.1 Å². The molecule has 0 amide bonds. The van der Waals surface area contributed by atoms with Crippen LogP contribution in [0.4, 0.5) is 13.2 Å². The predicted molar refractivity (Wildman–Crippen MR) is 56.9 cm³/mol. The molecule has 0 bridgehead atoms. The molecule has 0 unspecified atom stereocenters. The molecule has 0 fully saturated rings. The molecule has 0 aliphatic rings. The van der Waals surface area contributed by atoms with Crippen molar-refractivity contribution in [2.24, 2.45) is 0 Å². The van der Waals surface area contributed by atoms with Crippen LogP contribution in [0.5, 0.6) is 0 Å². The number of carbonyl (C=O) groups is 1. The number of pyridine rings is 1. The zero-order valence-electron chi connectivity index (χ0n) is 8.85. The van der Waals surface area contributed by atoms with Gasteiger partial charge in [0.1, 0.15) is 5.65 Å². The summed E-state index contributed by atoms with van der Waals surface area (Å²) >= 11 is 0. The van der Waals surface area contributed by atoms with Gasteiger partial charge in [-0.3, -0.25) is 0 Å². The minimum atomic E-state index is -4.43. The van der Waals surface area contributed by atoms with Crippen molar-refractivity contribution in [3.05, 3.63) is 41.9 Å². The number of carboxylic acid groups (broad SMARTS) is 1. The van der Waals surface area contributed by atoms with Crippen molar-refractivity contribution in [3.8, 4) is 0 Å².